The Bertz CT molecular complexity index is 402. The fourth-order valence-corrected chi connectivity index (χ4v) is 2.12. The van der Waals surface area contributed by atoms with Gasteiger partial charge in [0.25, 0.3) is 0 Å². The Hall–Kier alpha value is -0.845. The molecule has 81 valence electrons. The lowest BCUT2D eigenvalue weighted by Crippen LogP contribution is -2.27. The number of nitrogens with one attached hydrogen (secondary N) is 1. The van der Waals surface area contributed by atoms with E-state index in [-0.39, 0.29) is 18.0 Å². The summed E-state index contributed by atoms with van der Waals surface area (Å²) in [6.07, 6.45) is 0. The number of aliphatic hydroxyl groups excluding tert-OH is 1. The third kappa shape index (κ3) is 3.33. The van der Waals surface area contributed by atoms with Gasteiger partial charge in [-0.15, -0.1) is 0 Å². The van der Waals surface area contributed by atoms with E-state index in [0.29, 0.717) is 0 Å². The molecule has 0 atom stereocenters. The third-order valence-electron chi connectivity index (χ3n) is 1.93. The molecule has 0 aromatic heterocycles. The van der Waals surface area contributed by atoms with Gasteiger partial charge < -0.3 is 5.11 Å². The monoisotopic (exact) mass is 226 g/mol. The molecule has 0 saturated carbocycles. The smallest absolute Gasteiger partial charge is 0.240 e. The highest BCUT2D eigenvalue weighted by molar-refractivity contribution is 7.89. The zero-order valence-corrected chi connectivity index (χ0v) is 9.29. The minimum Gasteiger partial charge on any atom is -0.395 e. The Labute approximate surface area is 90.6 Å². The largest absolute Gasteiger partial charge is 0.395 e. The van der Waals surface area contributed by atoms with Crippen LogP contribution in [-0.2, 0) is 10.0 Å². The van der Waals surface area contributed by atoms with Gasteiger partial charge in [-0.05, 0) is 12.1 Å². The zero-order chi connectivity index (χ0) is 11.3. The number of hydrogen-bond donors (Lipinski definition) is 2. The van der Waals surface area contributed by atoms with Crippen molar-refractivity contribution in [3.8, 4) is 0 Å². The van der Waals surface area contributed by atoms with Gasteiger partial charge >= 0.3 is 0 Å². The first-order valence-corrected chi connectivity index (χ1v) is 6.08. The van der Waals surface area contributed by atoms with Crippen molar-refractivity contribution in [2.45, 2.75) is 11.7 Å². The lowest BCUT2D eigenvalue weighted by Gasteiger charge is -2.05. The van der Waals surface area contributed by atoms with Crippen molar-refractivity contribution >= 4 is 22.8 Å². The first kappa shape index (κ1) is 12.2. The highest BCUT2D eigenvalue weighted by Crippen LogP contribution is 2.05. The molecule has 2 N–H and O–H groups in total. The fraction of sp³-hybridized carbons (Fsp3) is 0.333. The molecule has 0 saturated heterocycles. The molecule has 15 heavy (non-hydrogen) atoms. The second kappa shape index (κ2) is 5.30. The van der Waals surface area contributed by atoms with Gasteiger partial charge in [-0.25, -0.2) is 13.1 Å². The van der Waals surface area contributed by atoms with Crippen molar-refractivity contribution in [2.24, 2.45) is 0 Å². The molecule has 0 aliphatic rings. The van der Waals surface area contributed by atoms with E-state index < -0.39 is 10.0 Å². The van der Waals surface area contributed by atoms with E-state index in [1.807, 2.05) is 14.1 Å². The first-order valence-electron chi connectivity index (χ1n) is 4.60. The first-order chi connectivity index (χ1) is 7.10. The van der Waals surface area contributed by atoms with Gasteiger partial charge in [0.05, 0.1) is 11.5 Å². The minimum atomic E-state index is -3.47. The lowest BCUT2D eigenvalue weighted by molar-refractivity contribution is 0.301. The standard InChI is InChI=1S/C9H13BNO3S/c1-10-8-2-4-9(5-3-8)15(13,14)11-6-7-12/h2-5,11-12H,6-7H2,1H3. The van der Waals surface area contributed by atoms with Crippen molar-refractivity contribution in [3.63, 3.8) is 0 Å². The summed E-state index contributed by atoms with van der Waals surface area (Å²) in [6, 6.07) is 6.53. The molecule has 6 heteroatoms. The van der Waals surface area contributed by atoms with Crippen LogP contribution in [0.25, 0.3) is 0 Å². The van der Waals surface area contributed by atoms with Crippen molar-refractivity contribution in [3.05, 3.63) is 24.3 Å². The van der Waals surface area contributed by atoms with Crippen LogP contribution < -0.4 is 10.2 Å². The summed E-state index contributed by atoms with van der Waals surface area (Å²) in [6.45, 7) is 1.71. The summed E-state index contributed by atoms with van der Waals surface area (Å²) in [5, 5.41) is 8.53. The second-order valence-electron chi connectivity index (χ2n) is 2.98. The minimum absolute atomic E-state index is 0.0317. The number of rotatable bonds is 5. The van der Waals surface area contributed by atoms with Crippen LogP contribution in [0.3, 0.4) is 0 Å². The molecule has 0 unspecified atom stereocenters. The van der Waals surface area contributed by atoms with E-state index >= 15 is 0 Å². The molecule has 0 fully saturated rings. The molecule has 0 amide bonds. The molecule has 1 rings (SSSR count). The van der Waals surface area contributed by atoms with Crippen LogP contribution in [0, 0.1) is 0 Å². The molecule has 0 bridgehead atoms. The van der Waals surface area contributed by atoms with Crippen molar-refractivity contribution in [1.82, 2.24) is 4.72 Å². The molecule has 0 heterocycles. The van der Waals surface area contributed by atoms with E-state index in [0.717, 1.165) is 5.46 Å². The summed E-state index contributed by atoms with van der Waals surface area (Å²) in [7, 11) is -1.58. The van der Waals surface area contributed by atoms with Gasteiger partial charge in [-0.3, -0.25) is 0 Å². The quantitative estimate of drug-likeness (QED) is 0.654. The van der Waals surface area contributed by atoms with Crippen LogP contribution in [0.5, 0.6) is 0 Å². The Kier molecular flexibility index (Phi) is 4.32. The Morgan fingerprint density at radius 1 is 1.33 bits per heavy atom. The second-order valence-corrected chi connectivity index (χ2v) is 4.75. The zero-order valence-electron chi connectivity index (χ0n) is 8.47. The van der Waals surface area contributed by atoms with Gasteiger partial charge in [0.15, 0.2) is 0 Å². The van der Waals surface area contributed by atoms with Gasteiger partial charge in [0.2, 0.25) is 10.0 Å². The summed E-state index contributed by atoms with van der Waals surface area (Å²) >= 11 is 0. The van der Waals surface area contributed by atoms with Crippen molar-refractivity contribution in [2.75, 3.05) is 13.2 Å². The van der Waals surface area contributed by atoms with Crippen molar-refractivity contribution < 1.29 is 13.5 Å². The summed E-state index contributed by atoms with van der Waals surface area (Å²) in [5.41, 5.74) is 0.969. The maximum Gasteiger partial charge on any atom is 0.240 e. The predicted octanol–water partition coefficient (Wildman–Crippen LogP) is -0.665. The molecular weight excluding hydrogens is 213 g/mol. The van der Waals surface area contributed by atoms with Crippen LogP contribution in [0.15, 0.2) is 29.2 Å². The predicted molar refractivity (Wildman–Crippen MR) is 60.0 cm³/mol. The molecule has 1 radical (unpaired) electrons. The molecule has 0 aliphatic heterocycles. The van der Waals surface area contributed by atoms with E-state index in [2.05, 4.69) is 4.72 Å². The molecule has 1 aromatic carbocycles. The fourth-order valence-electron chi connectivity index (χ4n) is 1.10. The number of benzene rings is 1. The molecule has 1 aromatic rings. The van der Waals surface area contributed by atoms with Gasteiger partial charge in [-0.1, -0.05) is 24.4 Å². The van der Waals surface area contributed by atoms with Crippen LogP contribution in [0.4, 0.5) is 0 Å². The highest BCUT2D eigenvalue weighted by atomic mass is 32.2. The van der Waals surface area contributed by atoms with E-state index in [4.69, 9.17) is 5.11 Å². The summed E-state index contributed by atoms with van der Waals surface area (Å²) in [4.78, 5) is 0.210. The van der Waals surface area contributed by atoms with Gasteiger partial charge in [0.1, 0.15) is 7.28 Å². The topological polar surface area (TPSA) is 66.4 Å². The van der Waals surface area contributed by atoms with E-state index in [9.17, 15) is 8.42 Å². The van der Waals surface area contributed by atoms with Crippen LogP contribution in [0.1, 0.15) is 0 Å². The number of aliphatic hydroxyl groups is 1. The third-order valence-corrected chi connectivity index (χ3v) is 3.40. The van der Waals surface area contributed by atoms with E-state index in [1.165, 1.54) is 12.1 Å². The molecule has 0 aliphatic carbocycles. The molecular formula is C9H13BNO3S. The maximum absolute atomic E-state index is 11.6. The number of sulfonamides is 1. The molecule has 4 nitrogen and oxygen atoms in total. The maximum atomic E-state index is 11.6. The van der Waals surface area contributed by atoms with Crippen LogP contribution in [-0.4, -0.2) is 34.0 Å². The SMILES string of the molecule is C[B]c1ccc(S(=O)(=O)NCCO)cc1. The van der Waals surface area contributed by atoms with E-state index in [1.54, 1.807) is 12.1 Å². The molecule has 0 spiro atoms. The summed E-state index contributed by atoms with van der Waals surface area (Å²) in [5.74, 6) is 0. The Balaban J connectivity index is 2.86. The number of hydrogen-bond acceptors (Lipinski definition) is 3. The van der Waals surface area contributed by atoms with Crippen molar-refractivity contribution in [1.29, 1.82) is 0 Å². The van der Waals surface area contributed by atoms with Gasteiger partial charge in [0, 0.05) is 6.54 Å². The Morgan fingerprint density at radius 3 is 2.40 bits per heavy atom. The van der Waals surface area contributed by atoms with Crippen LogP contribution in [0.2, 0.25) is 6.82 Å². The average Bonchev–Trinajstić information content (AvgIpc) is 2.26. The normalized spacial score (nSPS) is 11.3. The lowest BCUT2D eigenvalue weighted by atomic mass is 9.74. The highest BCUT2D eigenvalue weighted by Gasteiger charge is 2.12. The van der Waals surface area contributed by atoms with Gasteiger partial charge in [-0.2, -0.15) is 0 Å². The van der Waals surface area contributed by atoms with Crippen LogP contribution >= 0.6 is 0 Å². The summed E-state index contributed by atoms with van der Waals surface area (Å²) < 4.78 is 25.4. The Morgan fingerprint density at radius 2 is 1.93 bits per heavy atom. The average molecular weight is 226 g/mol.